The first-order chi connectivity index (χ1) is 9.06. The fraction of sp³-hybridized carbons (Fsp3) is 0.588. The molecule has 0 atom stereocenters. The van der Waals surface area contributed by atoms with Gasteiger partial charge in [0, 0.05) is 12.3 Å². The molecule has 0 amide bonds. The molecular formula is C17H23FO. The molecule has 19 heavy (non-hydrogen) atoms. The maximum Gasteiger partial charge on any atom is 0.136 e. The summed E-state index contributed by atoms with van der Waals surface area (Å²) in [5.41, 5.74) is 1.22. The summed E-state index contributed by atoms with van der Waals surface area (Å²) in [6.07, 6.45) is 4.81. The van der Waals surface area contributed by atoms with Crippen LogP contribution >= 0.6 is 0 Å². The summed E-state index contributed by atoms with van der Waals surface area (Å²) < 4.78 is 12.9. The number of hydrogen-bond acceptors (Lipinski definition) is 1. The lowest BCUT2D eigenvalue weighted by Crippen LogP contribution is -2.22. The lowest BCUT2D eigenvalue weighted by molar-refractivity contribution is -0.124. The van der Waals surface area contributed by atoms with Crippen molar-refractivity contribution in [3.63, 3.8) is 0 Å². The number of rotatable bonds is 4. The van der Waals surface area contributed by atoms with Crippen molar-refractivity contribution in [2.45, 2.75) is 51.9 Å². The van der Waals surface area contributed by atoms with E-state index in [4.69, 9.17) is 0 Å². The van der Waals surface area contributed by atoms with Crippen LogP contribution in [0.3, 0.4) is 0 Å². The molecular weight excluding hydrogens is 239 g/mol. The molecule has 0 saturated heterocycles. The van der Waals surface area contributed by atoms with Gasteiger partial charge in [-0.3, -0.25) is 4.79 Å². The highest BCUT2D eigenvalue weighted by Gasteiger charge is 2.27. The van der Waals surface area contributed by atoms with E-state index in [1.54, 1.807) is 0 Å². The molecule has 1 aromatic carbocycles. The van der Waals surface area contributed by atoms with Crippen LogP contribution in [0.4, 0.5) is 4.39 Å². The first-order valence-electron chi connectivity index (χ1n) is 7.34. The third-order valence-electron chi connectivity index (χ3n) is 4.13. The van der Waals surface area contributed by atoms with Gasteiger partial charge in [-0.05, 0) is 55.2 Å². The van der Waals surface area contributed by atoms with E-state index in [1.807, 2.05) is 12.1 Å². The molecule has 0 heterocycles. The fourth-order valence-corrected chi connectivity index (χ4v) is 3.05. The van der Waals surface area contributed by atoms with E-state index in [1.165, 1.54) is 17.7 Å². The lowest BCUT2D eigenvalue weighted by atomic mass is 9.76. The van der Waals surface area contributed by atoms with E-state index in [9.17, 15) is 9.18 Å². The van der Waals surface area contributed by atoms with Crippen molar-refractivity contribution in [2.75, 3.05) is 0 Å². The Morgan fingerprint density at radius 1 is 1.16 bits per heavy atom. The maximum atomic E-state index is 12.9. The molecule has 1 aliphatic carbocycles. The molecule has 0 bridgehead atoms. The second-order valence-corrected chi connectivity index (χ2v) is 6.16. The van der Waals surface area contributed by atoms with Crippen molar-refractivity contribution in [3.8, 4) is 0 Å². The second kappa shape index (κ2) is 6.31. The summed E-state index contributed by atoms with van der Waals surface area (Å²) in [4.78, 5) is 12.0. The number of benzene rings is 1. The average molecular weight is 262 g/mol. The Hall–Kier alpha value is -1.18. The van der Waals surface area contributed by atoms with Crippen LogP contribution in [0.2, 0.25) is 0 Å². The quantitative estimate of drug-likeness (QED) is 0.767. The summed E-state index contributed by atoms with van der Waals surface area (Å²) in [7, 11) is 0. The Kier molecular flexibility index (Phi) is 4.73. The number of halogens is 1. The van der Waals surface area contributed by atoms with Crippen molar-refractivity contribution >= 4 is 5.78 Å². The largest absolute Gasteiger partial charge is 0.299 e. The molecule has 1 fully saturated rings. The normalized spacial score (nSPS) is 23.6. The minimum atomic E-state index is -0.176. The number of Topliss-reactive ketones (excluding diaryl/α,β-unsaturated/α-hetero) is 1. The third-order valence-corrected chi connectivity index (χ3v) is 4.13. The Morgan fingerprint density at radius 2 is 1.74 bits per heavy atom. The van der Waals surface area contributed by atoms with Gasteiger partial charge in [-0.25, -0.2) is 4.39 Å². The van der Waals surface area contributed by atoms with Crippen LogP contribution in [0.15, 0.2) is 24.3 Å². The van der Waals surface area contributed by atoms with E-state index in [2.05, 4.69) is 13.8 Å². The van der Waals surface area contributed by atoms with E-state index in [0.717, 1.165) is 25.7 Å². The van der Waals surface area contributed by atoms with E-state index in [0.29, 0.717) is 24.0 Å². The number of ketones is 1. The fourth-order valence-electron chi connectivity index (χ4n) is 3.05. The minimum Gasteiger partial charge on any atom is -0.299 e. The Balaban J connectivity index is 1.88. The molecule has 1 saturated carbocycles. The molecule has 1 aliphatic rings. The monoisotopic (exact) mass is 262 g/mol. The second-order valence-electron chi connectivity index (χ2n) is 6.16. The smallest absolute Gasteiger partial charge is 0.136 e. The molecule has 104 valence electrons. The van der Waals surface area contributed by atoms with Gasteiger partial charge in [0.05, 0.1) is 0 Å². The van der Waals surface area contributed by atoms with Gasteiger partial charge in [0.1, 0.15) is 11.6 Å². The first kappa shape index (κ1) is 14.2. The zero-order chi connectivity index (χ0) is 13.8. The molecule has 0 unspecified atom stereocenters. The van der Waals surface area contributed by atoms with Crippen molar-refractivity contribution < 1.29 is 9.18 Å². The molecule has 2 heteroatoms. The van der Waals surface area contributed by atoms with Gasteiger partial charge in [0.25, 0.3) is 0 Å². The van der Waals surface area contributed by atoms with Gasteiger partial charge >= 0.3 is 0 Å². The van der Waals surface area contributed by atoms with Crippen molar-refractivity contribution in [1.82, 2.24) is 0 Å². The van der Waals surface area contributed by atoms with Crippen molar-refractivity contribution in [3.05, 3.63) is 35.6 Å². The highest BCUT2D eigenvalue weighted by atomic mass is 19.1. The van der Waals surface area contributed by atoms with Crippen LogP contribution < -0.4 is 0 Å². The molecule has 1 nitrogen and oxygen atoms in total. The van der Waals surface area contributed by atoms with E-state index in [-0.39, 0.29) is 11.7 Å². The van der Waals surface area contributed by atoms with Gasteiger partial charge in [0.15, 0.2) is 0 Å². The standard InChI is InChI=1S/C17H23FO/c1-12(2)11-17(19)15-5-3-13(4-6-15)14-7-9-16(18)10-8-14/h7-10,12-13,15H,3-6,11H2,1-2H3/t13-,15-. The first-order valence-corrected chi connectivity index (χ1v) is 7.34. The van der Waals surface area contributed by atoms with Crippen LogP contribution in [-0.2, 0) is 4.79 Å². The SMILES string of the molecule is CC(C)CC(=O)[C@H]1CC[C@H](c2ccc(F)cc2)CC1. The minimum absolute atomic E-state index is 0.176. The van der Waals surface area contributed by atoms with Crippen LogP contribution in [-0.4, -0.2) is 5.78 Å². The van der Waals surface area contributed by atoms with Gasteiger partial charge in [0.2, 0.25) is 0 Å². The summed E-state index contributed by atoms with van der Waals surface area (Å²) >= 11 is 0. The van der Waals surface area contributed by atoms with Crippen LogP contribution in [0.25, 0.3) is 0 Å². The lowest BCUT2D eigenvalue weighted by Gasteiger charge is -2.28. The van der Waals surface area contributed by atoms with Crippen molar-refractivity contribution in [1.29, 1.82) is 0 Å². The van der Waals surface area contributed by atoms with Crippen molar-refractivity contribution in [2.24, 2.45) is 11.8 Å². The molecule has 1 aromatic rings. The van der Waals surface area contributed by atoms with Crippen LogP contribution in [0.5, 0.6) is 0 Å². The predicted octanol–water partition coefficient (Wildman–Crippen LogP) is 4.71. The summed E-state index contributed by atoms with van der Waals surface area (Å²) in [6, 6.07) is 6.84. The van der Waals surface area contributed by atoms with Gasteiger partial charge < -0.3 is 0 Å². The molecule has 0 N–H and O–H groups in total. The average Bonchev–Trinajstić information content (AvgIpc) is 2.39. The summed E-state index contributed by atoms with van der Waals surface area (Å²) in [5, 5.41) is 0. The molecule has 0 aliphatic heterocycles. The van der Waals surface area contributed by atoms with Crippen LogP contribution in [0.1, 0.15) is 57.4 Å². The zero-order valence-electron chi connectivity index (χ0n) is 11.9. The summed E-state index contributed by atoms with van der Waals surface area (Å²) in [6.45, 7) is 4.20. The number of hydrogen-bond donors (Lipinski definition) is 0. The van der Waals surface area contributed by atoms with Crippen LogP contribution in [0, 0.1) is 17.7 Å². The zero-order valence-corrected chi connectivity index (χ0v) is 11.9. The number of carbonyl (C=O) groups excluding carboxylic acids is 1. The highest BCUT2D eigenvalue weighted by Crippen LogP contribution is 2.36. The van der Waals surface area contributed by atoms with Gasteiger partial charge in [-0.1, -0.05) is 26.0 Å². The van der Waals surface area contributed by atoms with Gasteiger partial charge in [-0.15, -0.1) is 0 Å². The molecule has 2 rings (SSSR count). The molecule has 0 aromatic heterocycles. The van der Waals surface area contributed by atoms with Gasteiger partial charge in [-0.2, -0.15) is 0 Å². The third kappa shape index (κ3) is 3.89. The number of carbonyl (C=O) groups is 1. The maximum absolute atomic E-state index is 12.9. The van der Waals surface area contributed by atoms with E-state index >= 15 is 0 Å². The van der Waals surface area contributed by atoms with E-state index < -0.39 is 0 Å². The Labute approximate surface area is 115 Å². The Morgan fingerprint density at radius 3 is 2.26 bits per heavy atom. The summed E-state index contributed by atoms with van der Waals surface area (Å²) in [5.74, 6) is 1.49. The highest BCUT2D eigenvalue weighted by molar-refractivity contribution is 5.81. The predicted molar refractivity (Wildman–Crippen MR) is 75.6 cm³/mol. The topological polar surface area (TPSA) is 17.1 Å². The Bertz CT molecular complexity index is 413. The molecule has 0 spiro atoms. The molecule has 0 radical (unpaired) electrons.